The van der Waals surface area contributed by atoms with Crippen molar-refractivity contribution >= 4 is 34.5 Å². The minimum Gasteiger partial charge on any atom is -0.479 e. The van der Waals surface area contributed by atoms with E-state index in [1.807, 2.05) is 54.8 Å². The van der Waals surface area contributed by atoms with Crippen molar-refractivity contribution in [1.82, 2.24) is 4.98 Å². The van der Waals surface area contributed by atoms with E-state index in [1.54, 1.807) is 23.2 Å². The molecular weight excluding hydrogens is 368 g/mol. The zero-order valence-corrected chi connectivity index (χ0v) is 16.0. The van der Waals surface area contributed by atoms with Gasteiger partial charge >= 0.3 is 0 Å². The highest BCUT2D eigenvalue weighted by atomic mass is 35.5. The van der Waals surface area contributed by atoms with Crippen molar-refractivity contribution in [3.8, 4) is 17.0 Å². The van der Waals surface area contributed by atoms with Crippen molar-refractivity contribution in [2.24, 2.45) is 0 Å². The van der Waals surface area contributed by atoms with E-state index in [0.717, 1.165) is 27.5 Å². The second kappa shape index (κ2) is 6.74. The summed E-state index contributed by atoms with van der Waals surface area (Å²) in [6.45, 7) is 4.22. The second-order valence-electron chi connectivity index (χ2n) is 6.25. The molecule has 0 N–H and O–H groups in total. The van der Waals surface area contributed by atoms with Crippen LogP contribution < -0.4 is 9.64 Å². The lowest BCUT2D eigenvalue weighted by Gasteiger charge is -2.33. The van der Waals surface area contributed by atoms with Crippen LogP contribution in [-0.4, -0.2) is 17.0 Å². The summed E-state index contributed by atoms with van der Waals surface area (Å²) in [6.07, 6.45) is -0.512. The van der Waals surface area contributed by atoms with Crippen molar-refractivity contribution in [3.05, 3.63) is 63.4 Å². The Bertz CT molecular complexity index is 968. The smallest absolute Gasteiger partial charge is 0.268 e. The average molecular weight is 385 g/mol. The third kappa shape index (κ3) is 3.20. The number of aromatic nitrogens is 1. The van der Waals surface area contributed by atoms with Crippen molar-refractivity contribution in [1.29, 1.82) is 0 Å². The van der Waals surface area contributed by atoms with Crippen LogP contribution in [0.4, 0.5) is 5.69 Å². The van der Waals surface area contributed by atoms with E-state index >= 15 is 0 Å². The van der Waals surface area contributed by atoms with Gasteiger partial charge in [0.1, 0.15) is 5.75 Å². The van der Waals surface area contributed by atoms with Crippen LogP contribution in [0.15, 0.2) is 47.8 Å². The van der Waals surface area contributed by atoms with Gasteiger partial charge in [0.15, 0.2) is 6.10 Å². The van der Waals surface area contributed by atoms with Crippen LogP contribution in [0.1, 0.15) is 17.5 Å². The highest BCUT2D eigenvalue weighted by molar-refractivity contribution is 7.09. The molecule has 0 saturated heterocycles. The molecule has 0 bridgehead atoms. The fourth-order valence-corrected chi connectivity index (χ4v) is 3.75. The highest BCUT2D eigenvalue weighted by Crippen LogP contribution is 2.38. The standard InChI is InChI=1S/C20H17ClN2O2S/c1-12-20(24)23(10-14-3-6-16(21)7-4-14)18-9-15(5-8-19(18)25-12)17-11-26-13(2)22-17/h3-9,11-12H,10H2,1-2H3. The number of ether oxygens (including phenoxy) is 1. The zero-order chi connectivity index (χ0) is 18.3. The third-order valence-corrected chi connectivity index (χ3v) is 5.36. The number of carbonyl (C=O) groups is 1. The molecule has 1 amide bonds. The largest absolute Gasteiger partial charge is 0.479 e. The summed E-state index contributed by atoms with van der Waals surface area (Å²) in [5.74, 6) is 0.654. The van der Waals surface area contributed by atoms with Gasteiger partial charge in [-0.1, -0.05) is 23.7 Å². The first-order valence-electron chi connectivity index (χ1n) is 8.30. The van der Waals surface area contributed by atoms with E-state index in [9.17, 15) is 4.79 Å². The van der Waals surface area contributed by atoms with E-state index < -0.39 is 6.10 Å². The maximum Gasteiger partial charge on any atom is 0.268 e. The number of halogens is 1. The summed E-state index contributed by atoms with van der Waals surface area (Å²) in [5, 5.41) is 3.71. The second-order valence-corrected chi connectivity index (χ2v) is 7.74. The van der Waals surface area contributed by atoms with Gasteiger partial charge in [0, 0.05) is 16.0 Å². The van der Waals surface area contributed by atoms with Gasteiger partial charge in [0.2, 0.25) is 0 Å². The first-order chi connectivity index (χ1) is 12.5. The molecule has 0 spiro atoms. The van der Waals surface area contributed by atoms with Gasteiger partial charge in [-0.25, -0.2) is 4.98 Å². The molecule has 1 aromatic heterocycles. The quantitative estimate of drug-likeness (QED) is 0.632. The SMILES string of the molecule is Cc1nc(-c2ccc3c(c2)N(Cc2ccc(Cl)cc2)C(=O)C(C)O3)cs1. The van der Waals surface area contributed by atoms with Gasteiger partial charge in [0.05, 0.1) is 22.9 Å². The Labute approximate surface area is 161 Å². The first kappa shape index (κ1) is 17.1. The van der Waals surface area contributed by atoms with Crippen LogP contribution >= 0.6 is 22.9 Å². The van der Waals surface area contributed by atoms with E-state index in [-0.39, 0.29) is 5.91 Å². The predicted octanol–water partition coefficient (Wildman–Crippen LogP) is 5.09. The summed E-state index contributed by atoms with van der Waals surface area (Å²) < 4.78 is 5.80. The lowest BCUT2D eigenvalue weighted by Crippen LogP contribution is -2.44. The van der Waals surface area contributed by atoms with Crippen LogP contribution in [-0.2, 0) is 11.3 Å². The number of benzene rings is 2. The molecule has 0 fully saturated rings. The Balaban J connectivity index is 1.74. The number of thiazole rings is 1. The summed E-state index contributed by atoms with van der Waals surface area (Å²) in [6, 6.07) is 13.4. The lowest BCUT2D eigenvalue weighted by atomic mass is 10.1. The van der Waals surface area contributed by atoms with Crippen LogP contribution in [0.3, 0.4) is 0 Å². The Morgan fingerprint density at radius 3 is 2.69 bits per heavy atom. The van der Waals surface area contributed by atoms with Gasteiger partial charge in [0.25, 0.3) is 5.91 Å². The van der Waals surface area contributed by atoms with Crippen molar-refractivity contribution < 1.29 is 9.53 Å². The number of hydrogen-bond acceptors (Lipinski definition) is 4. The minimum absolute atomic E-state index is 0.0564. The fourth-order valence-electron chi connectivity index (χ4n) is 3.00. The first-order valence-corrected chi connectivity index (χ1v) is 9.56. The van der Waals surface area contributed by atoms with Crippen LogP contribution in [0.2, 0.25) is 5.02 Å². The molecule has 2 heterocycles. The van der Waals surface area contributed by atoms with E-state index in [0.29, 0.717) is 17.3 Å². The number of hydrogen-bond donors (Lipinski definition) is 0. The number of anilines is 1. The maximum absolute atomic E-state index is 12.8. The molecule has 26 heavy (non-hydrogen) atoms. The molecule has 1 atom stereocenters. The number of aryl methyl sites for hydroxylation is 1. The molecular formula is C20H17ClN2O2S. The van der Waals surface area contributed by atoms with Gasteiger partial charge in [-0.2, -0.15) is 0 Å². The Kier molecular flexibility index (Phi) is 4.42. The molecule has 132 valence electrons. The van der Waals surface area contributed by atoms with Crippen LogP contribution in [0.25, 0.3) is 11.3 Å². The van der Waals surface area contributed by atoms with Gasteiger partial charge in [-0.3, -0.25) is 4.79 Å². The predicted molar refractivity (Wildman–Crippen MR) is 105 cm³/mol. The molecule has 1 aliphatic rings. The summed E-state index contributed by atoms with van der Waals surface area (Å²) >= 11 is 7.58. The van der Waals surface area contributed by atoms with Crippen molar-refractivity contribution in [3.63, 3.8) is 0 Å². The summed E-state index contributed by atoms with van der Waals surface area (Å²) in [4.78, 5) is 19.1. The average Bonchev–Trinajstić information content (AvgIpc) is 3.07. The van der Waals surface area contributed by atoms with Crippen LogP contribution in [0.5, 0.6) is 5.75 Å². The Hall–Kier alpha value is -2.37. The Morgan fingerprint density at radius 1 is 1.23 bits per heavy atom. The van der Waals surface area contributed by atoms with Gasteiger partial charge in [-0.05, 0) is 49.7 Å². The van der Waals surface area contributed by atoms with E-state index in [1.165, 1.54) is 0 Å². The molecule has 0 saturated carbocycles. The molecule has 3 aromatic rings. The molecule has 4 nitrogen and oxygen atoms in total. The zero-order valence-electron chi connectivity index (χ0n) is 14.4. The number of fused-ring (bicyclic) bond motifs is 1. The minimum atomic E-state index is -0.512. The molecule has 1 aliphatic heterocycles. The number of amides is 1. The molecule has 0 aliphatic carbocycles. The molecule has 1 unspecified atom stereocenters. The van der Waals surface area contributed by atoms with Gasteiger partial charge in [-0.15, -0.1) is 11.3 Å². The van der Waals surface area contributed by atoms with Gasteiger partial charge < -0.3 is 9.64 Å². The highest BCUT2D eigenvalue weighted by Gasteiger charge is 2.31. The summed E-state index contributed by atoms with van der Waals surface area (Å²) in [5.41, 5.74) is 3.66. The monoisotopic (exact) mass is 384 g/mol. The fraction of sp³-hybridized carbons (Fsp3) is 0.200. The maximum atomic E-state index is 12.8. The topological polar surface area (TPSA) is 42.4 Å². The number of rotatable bonds is 3. The van der Waals surface area contributed by atoms with E-state index in [4.69, 9.17) is 16.3 Å². The van der Waals surface area contributed by atoms with Crippen molar-refractivity contribution in [2.75, 3.05) is 4.90 Å². The molecule has 4 rings (SSSR count). The number of carbonyl (C=O) groups excluding carboxylic acids is 1. The van der Waals surface area contributed by atoms with Crippen molar-refractivity contribution in [2.45, 2.75) is 26.5 Å². The van der Waals surface area contributed by atoms with E-state index in [2.05, 4.69) is 4.98 Å². The lowest BCUT2D eigenvalue weighted by molar-refractivity contribution is -0.125. The molecule has 6 heteroatoms. The molecule has 2 aromatic carbocycles. The third-order valence-electron chi connectivity index (χ3n) is 4.34. The molecule has 0 radical (unpaired) electrons. The number of nitrogens with zero attached hydrogens (tertiary/aromatic N) is 2. The van der Waals surface area contributed by atoms with Crippen LogP contribution in [0, 0.1) is 6.92 Å². The normalized spacial score (nSPS) is 16.3. The Morgan fingerprint density at radius 2 is 2.00 bits per heavy atom. The summed E-state index contributed by atoms with van der Waals surface area (Å²) in [7, 11) is 0.